The van der Waals surface area contributed by atoms with Gasteiger partial charge in [-0.1, -0.05) is 65.5 Å². The fourth-order valence-electron chi connectivity index (χ4n) is 3.88. The molecule has 2 aliphatic rings. The molecule has 1 N–H and O–H groups in total. The molecule has 1 aromatic carbocycles. The summed E-state index contributed by atoms with van der Waals surface area (Å²) in [4.78, 5) is 19.1. The Balaban J connectivity index is 1.24. The molecule has 0 unspecified atom stereocenters. The van der Waals surface area contributed by atoms with Gasteiger partial charge in [-0.3, -0.25) is 0 Å². The van der Waals surface area contributed by atoms with Crippen molar-refractivity contribution in [2.45, 2.75) is 32.6 Å². The minimum Gasteiger partial charge on any atom is -0.488 e. The number of nitrogens with zero attached hydrogens (tertiary/aromatic N) is 4. The van der Waals surface area contributed by atoms with Crippen LogP contribution in [0.4, 0.5) is 11.1 Å². The summed E-state index contributed by atoms with van der Waals surface area (Å²) in [5, 5.41) is 4.31. The van der Waals surface area contributed by atoms with E-state index in [1.807, 2.05) is 19.1 Å². The molecule has 0 spiro atoms. The molecule has 0 radical (unpaired) electrons. The first-order valence-corrected chi connectivity index (χ1v) is 12.5. The third kappa shape index (κ3) is 6.22. The number of hydrogen-bond acceptors (Lipinski definition) is 8. The van der Waals surface area contributed by atoms with Crippen LogP contribution in [0.5, 0.6) is 0 Å². The van der Waals surface area contributed by atoms with Crippen LogP contribution in [0.3, 0.4) is 0 Å². The molecule has 178 valence electrons. The lowest BCUT2D eigenvalue weighted by atomic mass is 10.0. The summed E-state index contributed by atoms with van der Waals surface area (Å²) in [6.07, 6.45) is 13.5. The van der Waals surface area contributed by atoms with Gasteiger partial charge in [0.25, 0.3) is 5.95 Å². The van der Waals surface area contributed by atoms with Gasteiger partial charge in [-0.25, -0.2) is 15.0 Å². The van der Waals surface area contributed by atoms with E-state index in [1.54, 1.807) is 23.8 Å². The number of aromatic nitrogens is 3. The first-order chi connectivity index (χ1) is 17.2. The van der Waals surface area contributed by atoms with E-state index in [9.17, 15) is 0 Å². The highest BCUT2D eigenvalue weighted by molar-refractivity contribution is 7.19. The van der Waals surface area contributed by atoms with Crippen LogP contribution in [0, 0.1) is 6.92 Å². The summed E-state index contributed by atoms with van der Waals surface area (Å²) in [7, 11) is 0. The van der Waals surface area contributed by atoms with E-state index in [-0.39, 0.29) is 6.61 Å². The largest absolute Gasteiger partial charge is 0.488 e. The normalized spacial score (nSPS) is 16.3. The minimum absolute atomic E-state index is 0.255. The lowest BCUT2D eigenvalue weighted by Crippen LogP contribution is -2.17. The van der Waals surface area contributed by atoms with Crippen molar-refractivity contribution < 1.29 is 9.47 Å². The maximum Gasteiger partial charge on any atom is 0.253 e. The number of thiazole rings is 1. The van der Waals surface area contributed by atoms with Gasteiger partial charge in [0.1, 0.15) is 12.0 Å². The van der Waals surface area contributed by atoms with Gasteiger partial charge in [-0.2, -0.15) is 4.99 Å². The number of nitrogens with one attached hydrogen (secondary N) is 1. The fourth-order valence-corrected chi connectivity index (χ4v) is 4.84. The van der Waals surface area contributed by atoms with Crippen LogP contribution in [0.2, 0.25) is 0 Å². The predicted octanol–water partition coefficient (Wildman–Crippen LogP) is 6.15. The Morgan fingerprint density at radius 1 is 1.14 bits per heavy atom. The zero-order valence-electron chi connectivity index (χ0n) is 19.6. The molecule has 8 heteroatoms. The van der Waals surface area contributed by atoms with E-state index in [0.717, 1.165) is 53.0 Å². The molecule has 0 atom stereocenters. The number of benzene rings is 1. The molecule has 1 aliphatic heterocycles. The van der Waals surface area contributed by atoms with Gasteiger partial charge in [0.15, 0.2) is 11.7 Å². The average molecular weight is 486 g/mol. The van der Waals surface area contributed by atoms with Crippen LogP contribution in [-0.2, 0) is 15.9 Å². The van der Waals surface area contributed by atoms with Gasteiger partial charge >= 0.3 is 0 Å². The van der Waals surface area contributed by atoms with Gasteiger partial charge in [-0.15, -0.1) is 0 Å². The van der Waals surface area contributed by atoms with Crippen molar-refractivity contribution in [1.29, 1.82) is 0 Å². The minimum atomic E-state index is 0.255. The first kappa shape index (κ1) is 23.0. The smallest absolute Gasteiger partial charge is 0.253 e. The number of rotatable bonds is 8. The summed E-state index contributed by atoms with van der Waals surface area (Å²) in [6.45, 7) is 3.07. The second-order valence-corrected chi connectivity index (χ2v) is 9.31. The highest BCUT2D eigenvalue weighted by Gasteiger charge is 2.16. The van der Waals surface area contributed by atoms with Crippen molar-refractivity contribution in [3.63, 3.8) is 0 Å². The third-order valence-corrected chi connectivity index (χ3v) is 6.74. The molecule has 5 rings (SSSR count). The fraction of sp³-hybridized carbons (Fsp3) is 0.259. The quantitative estimate of drug-likeness (QED) is 0.412. The van der Waals surface area contributed by atoms with Crippen LogP contribution < -0.4 is 5.32 Å². The van der Waals surface area contributed by atoms with Crippen LogP contribution in [0.15, 0.2) is 83.4 Å². The zero-order chi connectivity index (χ0) is 23.9. The Bertz CT molecular complexity index is 1290. The lowest BCUT2D eigenvalue weighted by Gasteiger charge is -2.18. The van der Waals surface area contributed by atoms with Crippen molar-refractivity contribution >= 4 is 28.3 Å². The van der Waals surface area contributed by atoms with E-state index in [1.165, 1.54) is 11.1 Å². The van der Waals surface area contributed by atoms with Gasteiger partial charge in [0, 0.05) is 19.2 Å². The molecule has 35 heavy (non-hydrogen) atoms. The van der Waals surface area contributed by atoms with Gasteiger partial charge in [-0.05, 0) is 37.8 Å². The predicted molar refractivity (Wildman–Crippen MR) is 140 cm³/mol. The second-order valence-electron chi connectivity index (χ2n) is 8.31. The molecule has 7 nitrogen and oxygen atoms in total. The van der Waals surface area contributed by atoms with Crippen molar-refractivity contribution in [3.8, 4) is 10.6 Å². The van der Waals surface area contributed by atoms with Crippen LogP contribution in [0.1, 0.15) is 30.5 Å². The molecule has 3 heterocycles. The first-order valence-electron chi connectivity index (χ1n) is 11.7. The number of aryl methyl sites for hydroxylation is 1. The standard InChI is InChI=1S/C27H27N5O2S/c1-19-25(35-27(30-19)29-14-12-20-8-4-2-5-9-20)23-13-15-28-26(31-23)32-24-18-33-17-22(34-24)16-21-10-6-3-7-11-21/h2-6,8-10,13,15,17H,7,11-12,14,16,18H2,1H3,(H,29,30). The van der Waals surface area contributed by atoms with E-state index in [2.05, 4.69) is 67.8 Å². The Hall–Kier alpha value is -3.78. The Kier molecular flexibility index (Phi) is 7.29. The molecule has 1 aliphatic carbocycles. The highest BCUT2D eigenvalue weighted by atomic mass is 32.1. The van der Waals surface area contributed by atoms with Crippen molar-refractivity contribution in [2.24, 2.45) is 4.99 Å². The van der Waals surface area contributed by atoms with Crippen molar-refractivity contribution in [1.82, 2.24) is 15.0 Å². The molecule has 3 aromatic rings. The number of anilines is 1. The van der Waals surface area contributed by atoms with Gasteiger partial charge < -0.3 is 14.8 Å². The van der Waals surface area contributed by atoms with Crippen LogP contribution >= 0.6 is 11.3 Å². The molecule has 2 aromatic heterocycles. The Morgan fingerprint density at radius 3 is 2.91 bits per heavy atom. The Labute approximate surface area is 209 Å². The number of aliphatic imine (C=N–C) groups is 1. The maximum absolute atomic E-state index is 5.97. The van der Waals surface area contributed by atoms with Crippen LogP contribution in [-0.4, -0.2) is 34.0 Å². The molecule has 0 saturated carbocycles. The summed E-state index contributed by atoms with van der Waals surface area (Å²) < 4.78 is 11.5. The molecule has 0 bridgehead atoms. The maximum atomic E-state index is 5.97. The van der Waals surface area contributed by atoms with Crippen molar-refractivity contribution in [2.75, 3.05) is 18.5 Å². The number of hydrogen-bond donors (Lipinski definition) is 1. The topological polar surface area (TPSA) is 81.5 Å². The van der Waals surface area contributed by atoms with Gasteiger partial charge in [0.05, 0.1) is 16.3 Å². The highest BCUT2D eigenvalue weighted by Crippen LogP contribution is 2.32. The van der Waals surface area contributed by atoms with E-state index in [4.69, 9.17) is 9.47 Å². The third-order valence-electron chi connectivity index (χ3n) is 5.60. The molecule has 0 amide bonds. The molecular formula is C27H27N5O2S. The average Bonchev–Trinajstić information content (AvgIpc) is 3.26. The van der Waals surface area contributed by atoms with Gasteiger partial charge in [0.2, 0.25) is 5.90 Å². The van der Waals surface area contributed by atoms with Crippen molar-refractivity contribution in [3.05, 3.63) is 89.7 Å². The van der Waals surface area contributed by atoms with E-state index < -0.39 is 0 Å². The lowest BCUT2D eigenvalue weighted by molar-refractivity contribution is 0.211. The van der Waals surface area contributed by atoms with Crippen LogP contribution in [0.25, 0.3) is 10.6 Å². The number of allylic oxidation sites excluding steroid dienone is 4. The SMILES string of the molecule is Cc1nc(NCCc2ccccc2)sc1-c1ccnc(N=C2COC=C(CC3=CC=CCC3)O2)n1. The molecule has 0 fully saturated rings. The summed E-state index contributed by atoms with van der Waals surface area (Å²) in [5.74, 6) is 1.54. The molecule has 0 saturated heterocycles. The van der Waals surface area contributed by atoms with E-state index in [0.29, 0.717) is 18.3 Å². The van der Waals surface area contributed by atoms with E-state index >= 15 is 0 Å². The summed E-state index contributed by atoms with van der Waals surface area (Å²) in [5.41, 5.74) is 4.33. The Morgan fingerprint density at radius 2 is 2.06 bits per heavy atom. The summed E-state index contributed by atoms with van der Waals surface area (Å²) in [6, 6.07) is 12.3. The summed E-state index contributed by atoms with van der Waals surface area (Å²) >= 11 is 1.58. The molecular weight excluding hydrogens is 458 g/mol. The zero-order valence-corrected chi connectivity index (χ0v) is 20.4. The monoisotopic (exact) mass is 485 g/mol. The second kappa shape index (κ2) is 11.1. The number of ether oxygens (including phenoxy) is 2.